The number of nitrogens with zero attached hydrogens (tertiary/aromatic N) is 1. The lowest BCUT2D eigenvalue weighted by Crippen LogP contribution is -2.46. The van der Waals surface area contributed by atoms with Gasteiger partial charge >= 0.3 is 0 Å². The zero-order valence-electron chi connectivity index (χ0n) is 11.9. The minimum Gasteiger partial charge on any atom is -0.760 e. The molecule has 5 nitrogen and oxygen atoms in total. The maximum Gasteiger partial charge on any atom is 0.0830 e. The van der Waals surface area contributed by atoms with Gasteiger partial charge in [0.1, 0.15) is 0 Å². The van der Waals surface area contributed by atoms with Gasteiger partial charge in [0.2, 0.25) is 0 Å². The van der Waals surface area contributed by atoms with E-state index in [9.17, 15) is 13.9 Å². The molecule has 0 spiro atoms. The van der Waals surface area contributed by atoms with Crippen molar-refractivity contribution in [2.45, 2.75) is 32.4 Å². The lowest BCUT2D eigenvalue weighted by molar-refractivity contribution is 0.115. The molecule has 0 saturated heterocycles. The Kier molecular flexibility index (Phi) is 7.32. The molecule has 1 rings (SSSR count). The largest absolute Gasteiger partial charge is 0.760 e. The van der Waals surface area contributed by atoms with E-state index in [0.717, 1.165) is 5.56 Å². The van der Waals surface area contributed by atoms with Crippen molar-refractivity contribution < 1.29 is 13.9 Å². The molecule has 3 atom stereocenters. The Labute approximate surface area is 123 Å². The molecule has 1 aromatic rings. The van der Waals surface area contributed by atoms with Gasteiger partial charge in [-0.2, -0.15) is 0 Å². The molecular formula is C14H23N2O3S-. The number of hydrogen-bond donors (Lipinski definition) is 2. The monoisotopic (exact) mass is 299 g/mol. The van der Waals surface area contributed by atoms with Gasteiger partial charge in [0, 0.05) is 30.4 Å². The van der Waals surface area contributed by atoms with Crippen LogP contribution in [0.15, 0.2) is 30.3 Å². The molecule has 0 fully saturated rings. The Bertz CT molecular complexity index is 414. The van der Waals surface area contributed by atoms with Crippen LogP contribution < -0.4 is 5.73 Å². The lowest BCUT2D eigenvalue weighted by Gasteiger charge is -2.30. The Morgan fingerprint density at radius 3 is 2.40 bits per heavy atom. The normalized spacial score (nSPS) is 16.4. The van der Waals surface area contributed by atoms with Gasteiger partial charge in [-0.3, -0.25) is 4.21 Å². The van der Waals surface area contributed by atoms with Gasteiger partial charge in [-0.25, -0.2) is 4.31 Å². The van der Waals surface area contributed by atoms with Crippen LogP contribution in [0.2, 0.25) is 0 Å². The zero-order chi connectivity index (χ0) is 15.1. The quantitative estimate of drug-likeness (QED) is 0.690. The summed E-state index contributed by atoms with van der Waals surface area (Å²) in [4.78, 5) is 0. The van der Waals surface area contributed by atoms with Crippen molar-refractivity contribution in [2.24, 2.45) is 11.7 Å². The van der Waals surface area contributed by atoms with Gasteiger partial charge in [0.05, 0.1) is 6.10 Å². The molecule has 0 aliphatic carbocycles. The van der Waals surface area contributed by atoms with Crippen LogP contribution in [-0.2, 0) is 17.7 Å². The van der Waals surface area contributed by atoms with Crippen molar-refractivity contribution in [1.29, 1.82) is 0 Å². The molecule has 3 N–H and O–H groups in total. The first-order valence-electron chi connectivity index (χ1n) is 6.72. The summed E-state index contributed by atoms with van der Waals surface area (Å²) in [6, 6.07) is 9.11. The third kappa shape index (κ3) is 6.11. The summed E-state index contributed by atoms with van der Waals surface area (Å²) in [5, 5.41) is 10.1. The van der Waals surface area contributed by atoms with Crippen molar-refractivity contribution in [2.75, 3.05) is 13.1 Å². The van der Waals surface area contributed by atoms with Crippen LogP contribution in [0.1, 0.15) is 19.4 Å². The molecule has 0 aliphatic rings. The predicted octanol–water partition coefficient (Wildman–Crippen LogP) is 0.669. The van der Waals surface area contributed by atoms with Gasteiger partial charge in [-0.05, 0) is 17.9 Å². The minimum atomic E-state index is -2.34. The average Bonchev–Trinajstić information content (AvgIpc) is 2.38. The molecule has 6 heteroatoms. The van der Waals surface area contributed by atoms with Crippen molar-refractivity contribution in [3.63, 3.8) is 0 Å². The second-order valence-electron chi connectivity index (χ2n) is 5.38. The third-order valence-corrected chi connectivity index (χ3v) is 3.70. The van der Waals surface area contributed by atoms with E-state index >= 15 is 0 Å². The highest BCUT2D eigenvalue weighted by molar-refractivity contribution is 7.76. The summed E-state index contributed by atoms with van der Waals surface area (Å²) in [7, 11) is 0. The van der Waals surface area contributed by atoms with E-state index in [4.69, 9.17) is 5.73 Å². The van der Waals surface area contributed by atoms with E-state index in [2.05, 4.69) is 0 Å². The van der Waals surface area contributed by atoms with Crippen molar-refractivity contribution in [1.82, 2.24) is 4.31 Å². The van der Waals surface area contributed by atoms with Crippen molar-refractivity contribution >= 4 is 11.3 Å². The summed E-state index contributed by atoms with van der Waals surface area (Å²) < 4.78 is 23.5. The second kappa shape index (κ2) is 8.49. The van der Waals surface area contributed by atoms with Crippen LogP contribution in [0.4, 0.5) is 0 Å². The van der Waals surface area contributed by atoms with Crippen LogP contribution in [0.3, 0.4) is 0 Å². The maximum atomic E-state index is 11.1. The van der Waals surface area contributed by atoms with Crippen LogP contribution in [0.25, 0.3) is 0 Å². The van der Waals surface area contributed by atoms with Crippen LogP contribution in [0, 0.1) is 5.92 Å². The van der Waals surface area contributed by atoms with Crippen LogP contribution >= 0.6 is 0 Å². The highest BCUT2D eigenvalue weighted by atomic mass is 32.2. The molecule has 0 radical (unpaired) electrons. The van der Waals surface area contributed by atoms with E-state index in [1.807, 2.05) is 44.2 Å². The first-order valence-corrected chi connectivity index (χ1v) is 7.75. The molecular weight excluding hydrogens is 276 g/mol. The first-order chi connectivity index (χ1) is 9.40. The number of nitrogens with two attached hydrogens (primary N) is 1. The molecule has 0 aliphatic heterocycles. The standard InChI is InChI=1S/C14H24N2O3S/c1-11(2)9-16(20(18)19)10-14(17)13(15)8-12-6-4-3-5-7-12/h3-7,11,13-14,17H,8-10,15H2,1-2H3,(H,18,19)/p-1/t13-,14+/m0/s1. The fourth-order valence-electron chi connectivity index (χ4n) is 1.97. The SMILES string of the molecule is CC(C)CN(C[C@@H](O)[C@@H](N)Cc1ccccc1)S(=O)[O-]. The number of aliphatic hydroxyl groups is 1. The van der Waals surface area contributed by atoms with E-state index in [1.165, 1.54) is 4.31 Å². The van der Waals surface area contributed by atoms with Crippen molar-refractivity contribution in [3.8, 4) is 0 Å². The molecule has 1 aromatic carbocycles. The van der Waals surface area contributed by atoms with Crippen LogP contribution in [0.5, 0.6) is 0 Å². The summed E-state index contributed by atoms with van der Waals surface area (Å²) in [5.41, 5.74) is 6.98. The highest BCUT2D eigenvalue weighted by Crippen LogP contribution is 2.08. The fraction of sp³-hybridized carbons (Fsp3) is 0.571. The molecule has 0 saturated carbocycles. The molecule has 0 bridgehead atoms. The number of benzene rings is 1. The number of rotatable bonds is 8. The zero-order valence-corrected chi connectivity index (χ0v) is 12.8. The van der Waals surface area contributed by atoms with E-state index < -0.39 is 23.4 Å². The average molecular weight is 299 g/mol. The molecule has 114 valence electrons. The molecule has 0 heterocycles. The van der Waals surface area contributed by atoms with Gasteiger partial charge in [0.25, 0.3) is 0 Å². The molecule has 0 aromatic heterocycles. The Balaban J connectivity index is 2.55. The summed E-state index contributed by atoms with van der Waals surface area (Å²) in [6.07, 6.45) is -0.366. The minimum absolute atomic E-state index is 0.0301. The first kappa shape index (κ1) is 17.3. The summed E-state index contributed by atoms with van der Waals surface area (Å²) in [6.45, 7) is 4.26. The third-order valence-electron chi connectivity index (χ3n) is 2.98. The van der Waals surface area contributed by atoms with Gasteiger partial charge in [-0.15, -0.1) is 0 Å². The van der Waals surface area contributed by atoms with Gasteiger partial charge in [0.15, 0.2) is 0 Å². The fourth-order valence-corrected chi connectivity index (χ4v) is 2.66. The topological polar surface area (TPSA) is 89.6 Å². The molecule has 0 amide bonds. The van der Waals surface area contributed by atoms with Crippen molar-refractivity contribution in [3.05, 3.63) is 35.9 Å². The summed E-state index contributed by atoms with van der Waals surface area (Å²) in [5.74, 6) is 0.199. The number of aliphatic hydroxyl groups excluding tert-OH is 1. The predicted molar refractivity (Wildman–Crippen MR) is 79.5 cm³/mol. The maximum absolute atomic E-state index is 11.1. The smallest absolute Gasteiger partial charge is 0.0830 e. The number of hydrogen-bond acceptors (Lipinski definition) is 4. The van der Waals surface area contributed by atoms with E-state index in [1.54, 1.807) is 0 Å². The Hall–Kier alpha value is -0.790. The van der Waals surface area contributed by atoms with Gasteiger partial charge < -0.3 is 15.4 Å². The molecule has 1 unspecified atom stereocenters. The van der Waals surface area contributed by atoms with Crippen LogP contribution in [-0.4, -0.2) is 43.4 Å². The van der Waals surface area contributed by atoms with E-state index in [0.29, 0.717) is 13.0 Å². The van der Waals surface area contributed by atoms with Gasteiger partial charge in [-0.1, -0.05) is 44.2 Å². The Morgan fingerprint density at radius 2 is 1.90 bits per heavy atom. The summed E-state index contributed by atoms with van der Waals surface area (Å²) >= 11 is -2.34. The molecule has 20 heavy (non-hydrogen) atoms. The second-order valence-corrected chi connectivity index (χ2v) is 6.33. The van der Waals surface area contributed by atoms with E-state index in [-0.39, 0.29) is 12.5 Å². The highest BCUT2D eigenvalue weighted by Gasteiger charge is 2.20. The lowest BCUT2D eigenvalue weighted by atomic mass is 10.0. The Morgan fingerprint density at radius 1 is 1.30 bits per heavy atom.